The zero-order valence-electron chi connectivity index (χ0n) is 16.9. The van der Waals surface area contributed by atoms with Gasteiger partial charge in [-0.25, -0.2) is 0 Å². The van der Waals surface area contributed by atoms with Crippen LogP contribution in [0.2, 0.25) is 0 Å². The van der Waals surface area contributed by atoms with E-state index in [1.54, 1.807) is 6.08 Å². The number of carbonyl (C=O) groups excluding carboxylic acids is 1. The molecule has 0 spiro atoms. The molecule has 0 radical (unpaired) electrons. The van der Waals surface area contributed by atoms with Crippen molar-refractivity contribution in [3.8, 4) is 0 Å². The summed E-state index contributed by atoms with van der Waals surface area (Å²) in [5, 5.41) is 0. The molecule has 6 rings (SSSR count). The van der Waals surface area contributed by atoms with Gasteiger partial charge in [-0.05, 0) is 64.9 Å². The predicted octanol–water partition coefficient (Wildman–Crippen LogP) is 6.02. The highest BCUT2D eigenvalue weighted by atomic mass is 16.1. The maximum atomic E-state index is 12.8. The molecular formula is C27H25NO. The molecule has 0 aromatic heterocycles. The second kappa shape index (κ2) is 7.04. The molecule has 2 atom stereocenters. The summed E-state index contributed by atoms with van der Waals surface area (Å²) in [6, 6.07) is 23.4. The average Bonchev–Trinajstić information content (AvgIpc) is 2.77. The minimum atomic E-state index is 0.0687. The van der Waals surface area contributed by atoms with Crippen molar-refractivity contribution in [1.29, 1.82) is 0 Å². The topological polar surface area (TPSA) is 20.3 Å². The van der Waals surface area contributed by atoms with Crippen LogP contribution in [-0.4, -0.2) is 19.9 Å². The maximum Gasteiger partial charge on any atom is 0.185 e. The van der Waals surface area contributed by atoms with Crippen LogP contribution in [-0.2, 0) is 0 Å². The molecule has 0 amide bonds. The van der Waals surface area contributed by atoms with Crippen LogP contribution in [0.4, 0.5) is 5.69 Å². The Bertz CT molecular complexity index is 1110. The fourth-order valence-corrected chi connectivity index (χ4v) is 4.93. The van der Waals surface area contributed by atoms with E-state index < -0.39 is 0 Å². The number of benzene rings is 3. The van der Waals surface area contributed by atoms with Crippen LogP contribution in [0, 0.1) is 0 Å². The van der Waals surface area contributed by atoms with Crippen molar-refractivity contribution in [1.82, 2.24) is 0 Å². The molecule has 2 nitrogen and oxygen atoms in total. The number of fused-ring (bicyclic) bond motifs is 1. The van der Waals surface area contributed by atoms with Crippen LogP contribution in [0.1, 0.15) is 62.9 Å². The lowest BCUT2D eigenvalue weighted by Crippen LogP contribution is -2.25. The third-order valence-corrected chi connectivity index (χ3v) is 6.45. The predicted molar refractivity (Wildman–Crippen MR) is 120 cm³/mol. The van der Waals surface area contributed by atoms with Crippen molar-refractivity contribution in [2.75, 3.05) is 19.0 Å². The number of rotatable bonds is 4. The minimum absolute atomic E-state index is 0.0687. The summed E-state index contributed by atoms with van der Waals surface area (Å²) >= 11 is 0. The number of carbonyl (C=O) groups is 1. The second-order valence-corrected chi connectivity index (χ2v) is 8.34. The van der Waals surface area contributed by atoms with Crippen LogP contribution < -0.4 is 4.90 Å². The molecule has 0 heterocycles. The Morgan fingerprint density at radius 3 is 2.10 bits per heavy atom. The molecule has 0 saturated carbocycles. The zero-order chi connectivity index (χ0) is 20.0. The van der Waals surface area contributed by atoms with E-state index in [1.807, 2.05) is 38.4 Å². The number of anilines is 1. The largest absolute Gasteiger partial charge is 0.378 e. The summed E-state index contributed by atoms with van der Waals surface area (Å²) in [7, 11) is 4.05. The second-order valence-electron chi connectivity index (χ2n) is 8.34. The first-order chi connectivity index (χ1) is 14.1. The summed E-state index contributed by atoms with van der Waals surface area (Å²) in [6.07, 6.45) is 6.00. The summed E-state index contributed by atoms with van der Waals surface area (Å²) in [4.78, 5) is 14.9. The van der Waals surface area contributed by atoms with Gasteiger partial charge in [-0.1, -0.05) is 54.6 Å². The van der Waals surface area contributed by atoms with E-state index in [0.29, 0.717) is 11.8 Å². The maximum absolute atomic E-state index is 12.8. The first-order valence-electron chi connectivity index (χ1n) is 10.3. The number of nitrogens with zero attached hydrogens (tertiary/aromatic N) is 1. The Labute approximate surface area is 172 Å². The van der Waals surface area contributed by atoms with E-state index in [-0.39, 0.29) is 5.78 Å². The Morgan fingerprint density at radius 1 is 0.828 bits per heavy atom. The lowest BCUT2D eigenvalue weighted by molar-refractivity contribution is 0.104. The molecule has 0 N–H and O–H groups in total. The van der Waals surface area contributed by atoms with Gasteiger partial charge in [0.25, 0.3) is 0 Å². The molecule has 2 unspecified atom stereocenters. The van der Waals surface area contributed by atoms with E-state index in [0.717, 1.165) is 16.8 Å². The third kappa shape index (κ3) is 3.09. The van der Waals surface area contributed by atoms with Gasteiger partial charge in [-0.3, -0.25) is 4.79 Å². The van der Waals surface area contributed by atoms with Gasteiger partial charge in [0.15, 0.2) is 5.78 Å². The van der Waals surface area contributed by atoms with E-state index in [1.165, 1.54) is 35.1 Å². The molecular weight excluding hydrogens is 354 g/mol. The Morgan fingerprint density at radius 2 is 1.45 bits per heavy atom. The van der Waals surface area contributed by atoms with Crippen LogP contribution >= 0.6 is 0 Å². The van der Waals surface area contributed by atoms with Crippen LogP contribution in [0.15, 0.2) is 72.8 Å². The standard InChI is InChI=1S/C27H25NO/c1-28(2)20-11-7-18(8-12-20)9-16-27(29)19-10-13-24-23-14-15-25(26(24)17-19)22-6-4-3-5-21(22)23/h3-13,16-17,23,25H,14-15H2,1-2H3. The van der Waals surface area contributed by atoms with Crippen LogP contribution in [0.3, 0.4) is 0 Å². The molecule has 2 bridgehead atoms. The highest BCUT2D eigenvalue weighted by Gasteiger charge is 2.37. The number of hydrogen-bond donors (Lipinski definition) is 0. The monoisotopic (exact) mass is 379 g/mol. The highest BCUT2D eigenvalue weighted by molar-refractivity contribution is 6.07. The van der Waals surface area contributed by atoms with Gasteiger partial charge in [0.2, 0.25) is 0 Å². The lowest BCUT2D eigenvalue weighted by Gasteiger charge is -2.40. The van der Waals surface area contributed by atoms with Crippen molar-refractivity contribution in [3.05, 3.63) is 106 Å². The van der Waals surface area contributed by atoms with Gasteiger partial charge in [-0.2, -0.15) is 0 Å². The zero-order valence-corrected chi connectivity index (χ0v) is 16.9. The molecule has 0 fully saturated rings. The van der Waals surface area contributed by atoms with Crippen LogP contribution in [0.25, 0.3) is 6.08 Å². The van der Waals surface area contributed by atoms with Crippen molar-refractivity contribution in [2.24, 2.45) is 0 Å². The molecule has 3 aliphatic rings. The fourth-order valence-electron chi connectivity index (χ4n) is 4.93. The smallest absolute Gasteiger partial charge is 0.185 e. The summed E-state index contributed by atoms with van der Waals surface area (Å²) in [6.45, 7) is 0. The first-order valence-corrected chi connectivity index (χ1v) is 10.3. The van der Waals surface area contributed by atoms with Gasteiger partial charge >= 0.3 is 0 Å². The molecule has 144 valence electrons. The number of ketones is 1. The third-order valence-electron chi connectivity index (χ3n) is 6.45. The number of hydrogen-bond acceptors (Lipinski definition) is 2. The van der Waals surface area contributed by atoms with E-state index in [4.69, 9.17) is 0 Å². The summed E-state index contributed by atoms with van der Waals surface area (Å²) in [5.41, 5.74) is 8.69. The van der Waals surface area contributed by atoms with Crippen molar-refractivity contribution in [2.45, 2.75) is 24.7 Å². The van der Waals surface area contributed by atoms with E-state index in [9.17, 15) is 4.79 Å². The Kier molecular flexibility index (Phi) is 4.35. The first kappa shape index (κ1) is 17.9. The fraction of sp³-hybridized carbons (Fsp3) is 0.222. The molecule has 2 heteroatoms. The van der Waals surface area contributed by atoms with Crippen molar-refractivity contribution < 1.29 is 4.79 Å². The molecule has 3 aromatic rings. The highest BCUT2D eigenvalue weighted by Crippen LogP contribution is 2.52. The van der Waals surface area contributed by atoms with Gasteiger partial charge in [-0.15, -0.1) is 0 Å². The Hall–Kier alpha value is -3.13. The van der Waals surface area contributed by atoms with Gasteiger partial charge in [0, 0.05) is 37.2 Å². The van der Waals surface area contributed by atoms with Gasteiger partial charge < -0.3 is 4.90 Å². The molecule has 29 heavy (non-hydrogen) atoms. The lowest BCUT2D eigenvalue weighted by atomic mass is 9.63. The van der Waals surface area contributed by atoms with Crippen molar-refractivity contribution in [3.63, 3.8) is 0 Å². The van der Waals surface area contributed by atoms with Gasteiger partial charge in [0.1, 0.15) is 0 Å². The molecule has 3 aromatic carbocycles. The van der Waals surface area contributed by atoms with Crippen molar-refractivity contribution >= 4 is 17.5 Å². The van der Waals surface area contributed by atoms with E-state index >= 15 is 0 Å². The average molecular weight is 380 g/mol. The number of allylic oxidation sites excluding steroid dienone is 1. The summed E-state index contributed by atoms with van der Waals surface area (Å²) in [5.74, 6) is 0.988. The normalized spacial score (nSPS) is 19.1. The van der Waals surface area contributed by atoms with Gasteiger partial charge in [0.05, 0.1) is 0 Å². The molecule has 3 aliphatic carbocycles. The van der Waals surface area contributed by atoms with E-state index in [2.05, 4.69) is 53.4 Å². The molecule has 0 aliphatic heterocycles. The SMILES string of the molecule is CN(C)c1ccc(C=CC(=O)c2ccc3c(c2)C2CCC3c3ccccc32)cc1. The quantitative estimate of drug-likeness (QED) is 0.408. The Balaban J connectivity index is 1.41. The summed E-state index contributed by atoms with van der Waals surface area (Å²) < 4.78 is 0. The van der Waals surface area contributed by atoms with Crippen LogP contribution in [0.5, 0.6) is 0 Å². The molecule has 0 saturated heterocycles. The minimum Gasteiger partial charge on any atom is -0.378 e.